The molecule has 314 valence electrons. The number of aliphatic carboxylic acids is 1. The number of nitrogens with one attached hydrogen (secondary N) is 3. The molecule has 2 heterocycles. The van der Waals surface area contributed by atoms with Gasteiger partial charge in [0.05, 0.1) is 11.5 Å². The summed E-state index contributed by atoms with van der Waals surface area (Å²) in [5.74, 6) is -7.18. The largest absolute Gasteiger partial charge is 0.481 e. The first-order valence-corrected chi connectivity index (χ1v) is 19.4. The molecule has 0 bridgehead atoms. The summed E-state index contributed by atoms with van der Waals surface area (Å²) in [7, 11) is 0. The maximum absolute atomic E-state index is 14.4. The minimum Gasteiger partial charge on any atom is -0.481 e. The summed E-state index contributed by atoms with van der Waals surface area (Å²) in [6, 6.07) is 11.8. The van der Waals surface area contributed by atoms with Gasteiger partial charge in [0, 0.05) is 26.6 Å². The second kappa shape index (κ2) is 21.0. The van der Waals surface area contributed by atoms with Gasteiger partial charge < -0.3 is 45.1 Å². The minimum absolute atomic E-state index is 0.0746. The molecule has 2 fully saturated rings. The highest BCUT2D eigenvalue weighted by Crippen LogP contribution is 2.28. The number of hydrogen-bond donors (Lipinski definition) is 4. The summed E-state index contributed by atoms with van der Waals surface area (Å²) in [4.78, 5) is 108. The molecule has 58 heavy (non-hydrogen) atoms. The fourth-order valence-electron chi connectivity index (χ4n) is 6.82. The summed E-state index contributed by atoms with van der Waals surface area (Å²) in [5.41, 5.74) is 0.182. The number of esters is 2. The van der Waals surface area contributed by atoms with E-state index in [4.69, 9.17) is 14.2 Å². The van der Waals surface area contributed by atoms with Crippen molar-refractivity contribution in [3.05, 3.63) is 71.8 Å². The molecule has 17 heteroatoms. The summed E-state index contributed by atoms with van der Waals surface area (Å²) in [6.45, 7) is 5.97. The summed E-state index contributed by atoms with van der Waals surface area (Å²) >= 11 is 0. The van der Waals surface area contributed by atoms with Crippen molar-refractivity contribution in [2.24, 2.45) is 5.92 Å². The first-order valence-electron chi connectivity index (χ1n) is 19.4. The van der Waals surface area contributed by atoms with Gasteiger partial charge in [0.25, 0.3) is 0 Å². The van der Waals surface area contributed by atoms with Crippen molar-refractivity contribution in [2.45, 2.75) is 103 Å². The van der Waals surface area contributed by atoms with Gasteiger partial charge in [0.2, 0.25) is 23.6 Å². The Balaban J connectivity index is 1.51. The maximum Gasteiger partial charge on any atom is 0.407 e. The lowest BCUT2D eigenvalue weighted by Crippen LogP contribution is -2.65. The van der Waals surface area contributed by atoms with Crippen molar-refractivity contribution in [3.8, 4) is 0 Å². The number of unbranched alkanes of at least 4 members (excludes halogenated alkanes) is 1. The lowest BCUT2D eigenvalue weighted by Gasteiger charge is -2.42. The zero-order valence-corrected chi connectivity index (χ0v) is 33.3. The van der Waals surface area contributed by atoms with Gasteiger partial charge in [-0.15, -0.1) is 0 Å². The molecular formula is C41H53N5O12. The smallest absolute Gasteiger partial charge is 0.407 e. The number of rotatable bonds is 17. The van der Waals surface area contributed by atoms with Crippen LogP contribution in [0, 0.1) is 5.92 Å². The Kier molecular flexibility index (Phi) is 16.2. The van der Waals surface area contributed by atoms with Crippen LogP contribution in [0.1, 0.15) is 82.1 Å². The second-order valence-corrected chi connectivity index (χ2v) is 15.2. The molecule has 5 amide bonds. The molecule has 0 saturated carbocycles. The van der Waals surface area contributed by atoms with E-state index in [0.717, 1.165) is 12.5 Å². The number of carboxylic acid groups (broad SMARTS) is 1. The van der Waals surface area contributed by atoms with Gasteiger partial charge in [-0.2, -0.15) is 0 Å². The normalized spacial score (nSPS) is 19.0. The topological polar surface area (TPSA) is 227 Å². The first-order chi connectivity index (χ1) is 27.6. The molecule has 2 aliphatic heterocycles. The van der Waals surface area contributed by atoms with Crippen LogP contribution in [0.3, 0.4) is 0 Å². The van der Waals surface area contributed by atoms with Crippen molar-refractivity contribution in [2.75, 3.05) is 26.2 Å². The van der Waals surface area contributed by atoms with E-state index in [-0.39, 0.29) is 44.6 Å². The highest BCUT2D eigenvalue weighted by molar-refractivity contribution is 5.98. The van der Waals surface area contributed by atoms with Crippen molar-refractivity contribution in [1.82, 2.24) is 25.8 Å². The third-order valence-electron chi connectivity index (χ3n) is 9.59. The Labute approximate surface area is 337 Å². The van der Waals surface area contributed by atoms with Gasteiger partial charge >= 0.3 is 24.0 Å². The van der Waals surface area contributed by atoms with E-state index in [0.29, 0.717) is 25.7 Å². The van der Waals surface area contributed by atoms with Crippen molar-refractivity contribution in [3.63, 3.8) is 0 Å². The zero-order valence-electron chi connectivity index (χ0n) is 33.3. The predicted octanol–water partition coefficient (Wildman–Crippen LogP) is 2.56. The molecule has 4 N–H and O–H groups in total. The van der Waals surface area contributed by atoms with E-state index in [2.05, 4.69) is 16.0 Å². The van der Waals surface area contributed by atoms with Crippen molar-refractivity contribution >= 4 is 47.6 Å². The van der Waals surface area contributed by atoms with Crippen LogP contribution >= 0.6 is 0 Å². The zero-order chi connectivity index (χ0) is 42.4. The van der Waals surface area contributed by atoms with E-state index < -0.39 is 89.9 Å². The van der Waals surface area contributed by atoms with Crippen LogP contribution in [0.25, 0.3) is 0 Å². The molecular weight excluding hydrogens is 754 g/mol. The number of carboxylic acids is 1. The van der Waals surface area contributed by atoms with E-state index in [1.165, 1.54) is 21.9 Å². The number of alkyl carbamates (subject to hydrolysis) is 1. The lowest BCUT2D eigenvalue weighted by atomic mass is 9.88. The molecule has 5 atom stereocenters. The number of hydrogen-bond acceptors (Lipinski definition) is 11. The lowest BCUT2D eigenvalue weighted by molar-refractivity contribution is -0.166. The molecule has 4 rings (SSSR count). The number of piperidine rings is 1. The molecule has 0 spiro atoms. The molecule has 0 aliphatic carbocycles. The molecule has 1 unspecified atom stereocenters. The average Bonchev–Trinajstić information content (AvgIpc) is 3.68. The Morgan fingerprint density at radius 1 is 0.897 bits per heavy atom. The molecule has 2 aliphatic rings. The standard InChI is InChI=1S/C41H53N5O12/c1-26(47)43-30(25-56-38(53)28-16-9-6-10-17-28)34(48)44-33-29(37(51)52)20-23-46(36(33)50)31(35(49)45-22-13-19-32(45)39(54)58-41(2,3)4)18-11-12-21-42-40(55)57-24-27-14-7-5-8-15-27/h5-10,14-17,29-33H,11-13,18-25H2,1-4H3,(H,42,55)(H,43,47)(H,44,48)(H,51,52)/t29-,30+,31?,32+,33+/m1/s1. The summed E-state index contributed by atoms with van der Waals surface area (Å²) in [6.07, 6.45) is 0.838. The van der Waals surface area contributed by atoms with Crippen molar-refractivity contribution in [1.29, 1.82) is 0 Å². The van der Waals surface area contributed by atoms with Gasteiger partial charge in [-0.3, -0.25) is 24.0 Å². The highest BCUT2D eigenvalue weighted by Gasteiger charge is 2.48. The van der Waals surface area contributed by atoms with E-state index in [9.17, 15) is 43.5 Å². The number of benzene rings is 2. The Morgan fingerprint density at radius 2 is 1.57 bits per heavy atom. The number of carbonyl (C=O) groups excluding carboxylic acids is 7. The van der Waals surface area contributed by atoms with Crippen molar-refractivity contribution < 1.29 is 57.7 Å². The average molecular weight is 808 g/mol. The Morgan fingerprint density at radius 3 is 2.21 bits per heavy atom. The SMILES string of the molecule is CC(=O)N[C@@H](COC(=O)c1ccccc1)C(=O)N[C@@H]1C(=O)N(C(CCCCNC(=O)OCc2ccccc2)C(=O)N2CCC[C@H]2C(=O)OC(C)(C)C)CC[C@H]1C(=O)O. The van der Waals surface area contributed by atoms with Gasteiger partial charge in [-0.1, -0.05) is 48.5 Å². The third-order valence-corrected chi connectivity index (χ3v) is 9.59. The second-order valence-electron chi connectivity index (χ2n) is 15.2. The predicted molar refractivity (Wildman–Crippen MR) is 207 cm³/mol. The van der Waals surface area contributed by atoms with E-state index >= 15 is 0 Å². The van der Waals surface area contributed by atoms with E-state index in [1.807, 2.05) is 30.3 Å². The van der Waals surface area contributed by atoms with Crippen LogP contribution in [0.4, 0.5) is 4.79 Å². The van der Waals surface area contributed by atoms with Crippen LogP contribution in [0.2, 0.25) is 0 Å². The summed E-state index contributed by atoms with van der Waals surface area (Å²) in [5, 5.41) is 17.6. The van der Waals surface area contributed by atoms with Gasteiger partial charge in [-0.25, -0.2) is 14.4 Å². The number of carbonyl (C=O) groups is 8. The number of amides is 5. The number of likely N-dealkylation sites (tertiary alicyclic amines) is 2. The van der Waals surface area contributed by atoms with Crippen LogP contribution < -0.4 is 16.0 Å². The van der Waals surface area contributed by atoms with Gasteiger partial charge in [-0.05, 0) is 77.0 Å². The van der Waals surface area contributed by atoms with E-state index in [1.54, 1.807) is 39.0 Å². The molecule has 2 saturated heterocycles. The first kappa shape index (κ1) is 44.7. The molecule has 2 aromatic carbocycles. The minimum atomic E-state index is -1.67. The fraction of sp³-hybridized carbons (Fsp3) is 0.512. The summed E-state index contributed by atoms with van der Waals surface area (Å²) < 4.78 is 16.1. The van der Waals surface area contributed by atoms with Crippen LogP contribution in [0.15, 0.2) is 60.7 Å². The Bertz CT molecular complexity index is 1780. The molecule has 17 nitrogen and oxygen atoms in total. The van der Waals surface area contributed by atoms with Crippen LogP contribution in [-0.4, -0.2) is 119 Å². The third kappa shape index (κ3) is 13.0. The number of ether oxygens (including phenoxy) is 3. The quantitative estimate of drug-likeness (QED) is 0.103. The van der Waals surface area contributed by atoms with Crippen LogP contribution in [0.5, 0.6) is 0 Å². The molecule has 2 aromatic rings. The fourth-order valence-corrected chi connectivity index (χ4v) is 6.82. The van der Waals surface area contributed by atoms with Gasteiger partial charge in [0.1, 0.15) is 43.0 Å². The number of nitrogens with zero attached hydrogens (tertiary/aromatic N) is 2. The monoisotopic (exact) mass is 807 g/mol. The molecule has 0 aromatic heterocycles. The van der Waals surface area contributed by atoms with Crippen LogP contribution in [-0.2, 0) is 49.6 Å². The molecule has 0 radical (unpaired) electrons. The maximum atomic E-state index is 14.4. The highest BCUT2D eigenvalue weighted by atomic mass is 16.6. The Hall–Kier alpha value is -6.00. The van der Waals surface area contributed by atoms with Gasteiger partial charge in [0.15, 0.2) is 0 Å².